The summed E-state index contributed by atoms with van der Waals surface area (Å²) < 4.78 is 0. The minimum atomic E-state index is 0.304. The van der Waals surface area contributed by atoms with Gasteiger partial charge in [-0.05, 0) is 62.8 Å². The van der Waals surface area contributed by atoms with Gasteiger partial charge in [0.25, 0.3) is 0 Å². The third-order valence-electron chi connectivity index (χ3n) is 4.04. The largest absolute Gasteiger partial charge is 0.329 e. The number of aryl methyl sites for hydroxylation is 1. The first-order valence-corrected chi connectivity index (χ1v) is 7.62. The second kappa shape index (κ2) is 6.25. The van der Waals surface area contributed by atoms with Gasteiger partial charge in [-0.15, -0.1) is 0 Å². The van der Waals surface area contributed by atoms with Gasteiger partial charge in [-0.3, -0.25) is 4.90 Å². The van der Waals surface area contributed by atoms with Crippen LogP contribution in [0.5, 0.6) is 0 Å². The first-order valence-electron chi connectivity index (χ1n) is 7.24. The molecule has 1 aromatic carbocycles. The van der Waals surface area contributed by atoms with Gasteiger partial charge in [0, 0.05) is 30.2 Å². The van der Waals surface area contributed by atoms with E-state index in [4.69, 9.17) is 17.3 Å². The van der Waals surface area contributed by atoms with Crippen LogP contribution in [-0.2, 0) is 0 Å². The summed E-state index contributed by atoms with van der Waals surface area (Å²) in [4.78, 5) is 2.55. The predicted octanol–water partition coefficient (Wildman–Crippen LogP) is 3.77. The van der Waals surface area contributed by atoms with E-state index in [1.165, 1.54) is 30.5 Å². The Labute approximate surface area is 121 Å². The van der Waals surface area contributed by atoms with Crippen LogP contribution in [0.25, 0.3) is 0 Å². The lowest BCUT2D eigenvalue weighted by Crippen LogP contribution is -2.40. The van der Waals surface area contributed by atoms with Crippen LogP contribution in [0.3, 0.4) is 0 Å². The lowest BCUT2D eigenvalue weighted by atomic mass is 9.98. The molecule has 0 amide bonds. The Morgan fingerprint density at radius 3 is 2.53 bits per heavy atom. The van der Waals surface area contributed by atoms with Crippen LogP contribution in [0.4, 0.5) is 0 Å². The second-order valence-corrected chi connectivity index (χ2v) is 6.42. The maximum atomic E-state index is 6.07. The van der Waals surface area contributed by atoms with E-state index in [0.717, 1.165) is 10.9 Å². The normalized spacial score (nSPS) is 17.2. The molecule has 19 heavy (non-hydrogen) atoms. The maximum absolute atomic E-state index is 6.07. The van der Waals surface area contributed by atoms with E-state index in [1.807, 2.05) is 12.1 Å². The summed E-state index contributed by atoms with van der Waals surface area (Å²) in [7, 11) is 0. The summed E-state index contributed by atoms with van der Waals surface area (Å²) in [5.74, 6) is 0.879. The molecular formula is C16H25ClN2. The molecule has 1 aliphatic carbocycles. The lowest BCUT2D eigenvalue weighted by Gasteiger charge is -2.35. The number of halogens is 1. The SMILES string of the molecule is Cc1cc(Cl)ccc1C(CN)N(CC1CC1)C(C)C. The summed E-state index contributed by atoms with van der Waals surface area (Å²) in [5, 5.41) is 0.801. The molecular weight excluding hydrogens is 256 g/mol. The smallest absolute Gasteiger partial charge is 0.0475 e. The van der Waals surface area contributed by atoms with E-state index in [9.17, 15) is 0 Å². The van der Waals surface area contributed by atoms with Crippen LogP contribution in [0.1, 0.15) is 43.9 Å². The van der Waals surface area contributed by atoms with Crippen molar-refractivity contribution in [2.24, 2.45) is 11.7 Å². The Bertz CT molecular complexity index is 427. The molecule has 1 saturated carbocycles. The van der Waals surface area contributed by atoms with Gasteiger partial charge in [-0.25, -0.2) is 0 Å². The zero-order valence-corrected chi connectivity index (χ0v) is 13.0. The molecule has 2 nitrogen and oxygen atoms in total. The Balaban J connectivity index is 2.24. The van der Waals surface area contributed by atoms with E-state index in [0.29, 0.717) is 18.6 Å². The fraction of sp³-hybridized carbons (Fsp3) is 0.625. The number of benzene rings is 1. The van der Waals surface area contributed by atoms with Gasteiger partial charge >= 0.3 is 0 Å². The molecule has 0 heterocycles. The van der Waals surface area contributed by atoms with Crippen molar-refractivity contribution in [3.05, 3.63) is 34.3 Å². The fourth-order valence-electron chi connectivity index (χ4n) is 2.75. The molecule has 1 aliphatic rings. The van der Waals surface area contributed by atoms with Gasteiger partial charge in [-0.2, -0.15) is 0 Å². The van der Waals surface area contributed by atoms with Gasteiger partial charge in [0.2, 0.25) is 0 Å². The molecule has 0 saturated heterocycles. The Morgan fingerprint density at radius 2 is 2.05 bits per heavy atom. The van der Waals surface area contributed by atoms with Crippen LogP contribution in [0.2, 0.25) is 5.02 Å². The molecule has 106 valence electrons. The number of nitrogens with zero attached hydrogens (tertiary/aromatic N) is 1. The number of nitrogens with two attached hydrogens (primary N) is 1. The van der Waals surface area contributed by atoms with Crippen molar-refractivity contribution >= 4 is 11.6 Å². The summed E-state index contributed by atoms with van der Waals surface area (Å²) in [6.07, 6.45) is 2.75. The molecule has 1 aromatic rings. The highest BCUT2D eigenvalue weighted by Crippen LogP contribution is 2.34. The van der Waals surface area contributed by atoms with Gasteiger partial charge in [0.1, 0.15) is 0 Å². The van der Waals surface area contributed by atoms with Crippen LogP contribution in [0, 0.1) is 12.8 Å². The summed E-state index contributed by atoms with van der Waals surface area (Å²) >= 11 is 6.06. The molecule has 1 atom stereocenters. The third kappa shape index (κ3) is 3.71. The second-order valence-electron chi connectivity index (χ2n) is 5.99. The lowest BCUT2D eigenvalue weighted by molar-refractivity contribution is 0.149. The molecule has 1 fully saturated rings. The number of rotatable bonds is 6. The van der Waals surface area contributed by atoms with Crippen molar-refractivity contribution in [1.29, 1.82) is 0 Å². The van der Waals surface area contributed by atoms with E-state index >= 15 is 0 Å². The van der Waals surface area contributed by atoms with Crippen LogP contribution in [-0.4, -0.2) is 24.0 Å². The molecule has 0 bridgehead atoms. The third-order valence-corrected chi connectivity index (χ3v) is 4.28. The fourth-order valence-corrected chi connectivity index (χ4v) is 2.98. The standard InChI is InChI=1S/C16H25ClN2/c1-11(2)19(10-13-4-5-13)16(9-18)15-7-6-14(17)8-12(15)3/h6-8,11,13,16H,4-5,9-10,18H2,1-3H3. The average Bonchev–Trinajstić information content (AvgIpc) is 3.14. The molecule has 0 aromatic heterocycles. The molecule has 0 spiro atoms. The van der Waals surface area contributed by atoms with Crippen molar-refractivity contribution in [3.63, 3.8) is 0 Å². The van der Waals surface area contributed by atoms with Gasteiger partial charge in [0.15, 0.2) is 0 Å². The highest BCUT2D eigenvalue weighted by Gasteiger charge is 2.30. The summed E-state index contributed by atoms with van der Waals surface area (Å²) in [6.45, 7) is 8.47. The van der Waals surface area contributed by atoms with Gasteiger partial charge in [-0.1, -0.05) is 17.7 Å². The molecule has 2 N–H and O–H groups in total. The highest BCUT2D eigenvalue weighted by molar-refractivity contribution is 6.30. The Kier molecular flexibility index (Phi) is 4.88. The first kappa shape index (κ1) is 14.8. The van der Waals surface area contributed by atoms with Gasteiger partial charge in [0.05, 0.1) is 0 Å². The van der Waals surface area contributed by atoms with E-state index < -0.39 is 0 Å². The quantitative estimate of drug-likeness (QED) is 0.859. The van der Waals surface area contributed by atoms with Crippen molar-refractivity contribution in [3.8, 4) is 0 Å². The van der Waals surface area contributed by atoms with Crippen molar-refractivity contribution in [1.82, 2.24) is 4.90 Å². The molecule has 1 unspecified atom stereocenters. The van der Waals surface area contributed by atoms with Crippen LogP contribution in [0.15, 0.2) is 18.2 Å². The maximum Gasteiger partial charge on any atom is 0.0475 e. The zero-order valence-electron chi connectivity index (χ0n) is 12.2. The number of hydrogen-bond acceptors (Lipinski definition) is 2. The van der Waals surface area contributed by atoms with E-state index in [1.54, 1.807) is 0 Å². The van der Waals surface area contributed by atoms with Gasteiger partial charge < -0.3 is 5.73 Å². The predicted molar refractivity (Wildman–Crippen MR) is 82.6 cm³/mol. The summed E-state index contributed by atoms with van der Waals surface area (Å²) in [5.41, 5.74) is 8.63. The zero-order chi connectivity index (χ0) is 14.0. The van der Waals surface area contributed by atoms with Crippen LogP contribution < -0.4 is 5.73 Å². The monoisotopic (exact) mass is 280 g/mol. The molecule has 2 rings (SSSR count). The minimum absolute atomic E-state index is 0.304. The average molecular weight is 281 g/mol. The minimum Gasteiger partial charge on any atom is -0.329 e. The first-order chi connectivity index (χ1) is 9.02. The molecule has 0 radical (unpaired) electrons. The van der Waals surface area contributed by atoms with E-state index in [-0.39, 0.29) is 0 Å². The topological polar surface area (TPSA) is 29.3 Å². The Morgan fingerprint density at radius 1 is 1.37 bits per heavy atom. The molecule has 3 heteroatoms. The van der Waals surface area contributed by atoms with Crippen molar-refractivity contribution in [2.45, 2.75) is 45.7 Å². The number of hydrogen-bond donors (Lipinski definition) is 1. The van der Waals surface area contributed by atoms with Crippen LogP contribution >= 0.6 is 11.6 Å². The van der Waals surface area contributed by atoms with Crippen molar-refractivity contribution < 1.29 is 0 Å². The molecule has 0 aliphatic heterocycles. The van der Waals surface area contributed by atoms with Crippen molar-refractivity contribution in [2.75, 3.05) is 13.1 Å². The highest BCUT2D eigenvalue weighted by atomic mass is 35.5. The Hall–Kier alpha value is -0.570. The van der Waals surface area contributed by atoms with E-state index in [2.05, 4.69) is 31.7 Å². The summed E-state index contributed by atoms with van der Waals surface area (Å²) in [6, 6.07) is 6.97.